The number of rotatable bonds is 5. The quantitative estimate of drug-likeness (QED) is 0.787. The van der Waals surface area contributed by atoms with Crippen molar-refractivity contribution in [3.63, 3.8) is 0 Å². The molecule has 1 aromatic rings. The Labute approximate surface area is 129 Å². The van der Waals surface area contributed by atoms with Gasteiger partial charge in [0.2, 0.25) is 11.8 Å². The van der Waals surface area contributed by atoms with Crippen LogP contribution in [0.25, 0.3) is 0 Å². The van der Waals surface area contributed by atoms with Gasteiger partial charge >= 0.3 is 0 Å². The normalized spacial score (nSPS) is 15.3. The van der Waals surface area contributed by atoms with Crippen molar-refractivity contribution in [2.45, 2.75) is 38.8 Å². The fourth-order valence-electron chi connectivity index (χ4n) is 2.15. The number of benzene rings is 1. The number of hydrogen-bond donors (Lipinski definition) is 2. The Hall–Kier alpha value is -2.21. The highest BCUT2D eigenvalue weighted by atomic mass is 16.2. The molecule has 2 rings (SSSR count). The molecule has 0 saturated carbocycles. The summed E-state index contributed by atoms with van der Waals surface area (Å²) in [4.78, 5) is 36.4. The molecule has 0 atom stereocenters. The van der Waals surface area contributed by atoms with Gasteiger partial charge in [-0.05, 0) is 31.5 Å². The number of nitrogens with zero attached hydrogens (tertiary/aromatic N) is 1. The van der Waals surface area contributed by atoms with E-state index in [-0.39, 0.29) is 37.1 Å². The predicted molar refractivity (Wildman–Crippen MR) is 81.8 cm³/mol. The standard InChI is InChI=1S/C16H21N3O3/c1-16(2,17)10-18-15(22)12-5-3-11(4-6-12)9-19-13(20)7-8-14(19)21/h3-6H,7-10,17H2,1-2H3,(H,18,22). The van der Waals surface area contributed by atoms with E-state index in [2.05, 4.69) is 5.32 Å². The second kappa shape index (κ2) is 6.27. The molecular weight excluding hydrogens is 282 g/mol. The largest absolute Gasteiger partial charge is 0.350 e. The van der Waals surface area contributed by atoms with Crippen LogP contribution in [0.5, 0.6) is 0 Å². The van der Waals surface area contributed by atoms with Gasteiger partial charge in [-0.1, -0.05) is 12.1 Å². The van der Waals surface area contributed by atoms with Crippen LogP contribution >= 0.6 is 0 Å². The van der Waals surface area contributed by atoms with Crippen LogP contribution < -0.4 is 11.1 Å². The van der Waals surface area contributed by atoms with Gasteiger partial charge in [0.05, 0.1) is 6.54 Å². The van der Waals surface area contributed by atoms with Gasteiger partial charge in [-0.3, -0.25) is 19.3 Å². The number of imide groups is 1. The van der Waals surface area contributed by atoms with E-state index in [1.54, 1.807) is 24.3 Å². The number of carbonyl (C=O) groups is 3. The number of nitrogens with one attached hydrogen (secondary N) is 1. The molecule has 1 heterocycles. The Morgan fingerprint density at radius 1 is 1.18 bits per heavy atom. The lowest BCUT2D eigenvalue weighted by Crippen LogP contribution is -2.45. The van der Waals surface area contributed by atoms with Crippen molar-refractivity contribution in [3.8, 4) is 0 Å². The number of nitrogens with two attached hydrogens (primary N) is 1. The first-order valence-corrected chi connectivity index (χ1v) is 7.25. The first-order valence-electron chi connectivity index (χ1n) is 7.25. The average Bonchev–Trinajstić information content (AvgIpc) is 2.77. The second-order valence-electron chi connectivity index (χ2n) is 6.24. The number of likely N-dealkylation sites (tertiary alicyclic amines) is 1. The van der Waals surface area contributed by atoms with Crippen LogP contribution in [-0.2, 0) is 16.1 Å². The minimum atomic E-state index is -0.466. The van der Waals surface area contributed by atoms with Gasteiger partial charge in [0.25, 0.3) is 5.91 Å². The zero-order valence-electron chi connectivity index (χ0n) is 12.9. The molecule has 3 amide bonds. The molecule has 1 aliphatic rings. The summed E-state index contributed by atoms with van der Waals surface area (Å²) in [6.07, 6.45) is 0.572. The third kappa shape index (κ3) is 4.14. The molecule has 0 unspecified atom stereocenters. The minimum absolute atomic E-state index is 0.142. The molecule has 1 aromatic carbocycles. The Bertz CT molecular complexity index is 572. The summed E-state index contributed by atoms with van der Waals surface area (Å²) in [5, 5.41) is 2.76. The summed E-state index contributed by atoms with van der Waals surface area (Å²) < 4.78 is 0. The van der Waals surface area contributed by atoms with Crippen LogP contribution in [0.3, 0.4) is 0 Å². The van der Waals surface area contributed by atoms with E-state index in [4.69, 9.17) is 5.73 Å². The molecule has 0 radical (unpaired) electrons. The van der Waals surface area contributed by atoms with Crippen LogP contribution in [0.1, 0.15) is 42.6 Å². The van der Waals surface area contributed by atoms with Gasteiger partial charge < -0.3 is 11.1 Å². The molecule has 6 nitrogen and oxygen atoms in total. The Morgan fingerprint density at radius 2 is 1.73 bits per heavy atom. The first kappa shape index (κ1) is 16.2. The van der Waals surface area contributed by atoms with Crippen molar-refractivity contribution in [1.82, 2.24) is 10.2 Å². The zero-order chi connectivity index (χ0) is 16.3. The van der Waals surface area contributed by atoms with E-state index in [0.717, 1.165) is 5.56 Å². The highest BCUT2D eigenvalue weighted by Gasteiger charge is 2.28. The second-order valence-corrected chi connectivity index (χ2v) is 6.24. The monoisotopic (exact) mass is 303 g/mol. The summed E-state index contributed by atoms with van der Waals surface area (Å²) in [6.45, 7) is 4.31. The van der Waals surface area contributed by atoms with Gasteiger partial charge in [0.1, 0.15) is 0 Å². The van der Waals surface area contributed by atoms with Crippen LogP contribution in [0.4, 0.5) is 0 Å². The molecule has 0 aliphatic carbocycles. The summed E-state index contributed by atoms with van der Waals surface area (Å²) >= 11 is 0. The molecule has 3 N–H and O–H groups in total. The number of amides is 3. The van der Waals surface area contributed by atoms with Gasteiger partial charge in [0.15, 0.2) is 0 Å². The van der Waals surface area contributed by atoms with Crippen molar-refractivity contribution in [1.29, 1.82) is 0 Å². The van der Waals surface area contributed by atoms with Crippen molar-refractivity contribution in [2.24, 2.45) is 5.73 Å². The maximum absolute atomic E-state index is 12.0. The summed E-state index contributed by atoms with van der Waals surface area (Å²) in [7, 11) is 0. The zero-order valence-corrected chi connectivity index (χ0v) is 12.9. The summed E-state index contributed by atoms with van der Waals surface area (Å²) in [6, 6.07) is 6.86. The van der Waals surface area contributed by atoms with E-state index >= 15 is 0 Å². The molecule has 1 aliphatic heterocycles. The fraction of sp³-hybridized carbons (Fsp3) is 0.438. The first-order chi connectivity index (χ1) is 10.3. The van der Waals surface area contributed by atoms with Crippen LogP contribution in [0.15, 0.2) is 24.3 Å². The molecule has 1 saturated heterocycles. The predicted octanol–water partition coefficient (Wildman–Crippen LogP) is 0.803. The Balaban J connectivity index is 1.97. The maximum atomic E-state index is 12.0. The SMILES string of the molecule is CC(C)(N)CNC(=O)c1ccc(CN2C(=O)CCC2=O)cc1. The van der Waals surface area contributed by atoms with Gasteiger partial charge in [0, 0.05) is 30.5 Å². The molecule has 0 spiro atoms. The highest BCUT2D eigenvalue weighted by Crippen LogP contribution is 2.16. The highest BCUT2D eigenvalue weighted by molar-refractivity contribution is 6.01. The molecule has 0 aromatic heterocycles. The smallest absolute Gasteiger partial charge is 0.251 e. The number of carbonyl (C=O) groups excluding carboxylic acids is 3. The van der Waals surface area contributed by atoms with Crippen molar-refractivity contribution < 1.29 is 14.4 Å². The fourth-order valence-corrected chi connectivity index (χ4v) is 2.15. The van der Waals surface area contributed by atoms with E-state index in [9.17, 15) is 14.4 Å². The average molecular weight is 303 g/mol. The summed E-state index contributed by atoms with van der Waals surface area (Å²) in [5.74, 6) is -0.479. The van der Waals surface area contributed by atoms with E-state index in [0.29, 0.717) is 12.1 Å². The van der Waals surface area contributed by atoms with Gasteiger partial charge in [-0.25, -0.2) is 0 Å². The van der Waals surface area contributed by atoms with E-state index < -0.39 is 5.54 Å². The number of hydrogen-bond acceptors (Lipinski definition) is 4. The minimum Gasteiger partial charge on any atom is -0.350 e. The third-order valence-corrected chi connectivity index (χ3v) is 3.42. The van der Waals surface area contributed by atoms with E-state index in [1.165, 1.54) is 4.90 Å². The Kier molecular flexibility index (Phi) is 4.61. The third-order valence-electron chi connectivity index (χ3n) is 3.42. The molecular formula is C16H21N3O3. The lowest BCUT2D eigenvalue weighted by Gasteiger charge is -2.19. The van der Waals surface area contributed by atoms with Crippen molar-refractivity contribution >= 4 is 17.7 Å². The van der Waals surface area contributed by atoms with E-state index in [1.807, 2.05) is 13.8 Å². The van der Waals surface area contributed by atoms with Gasteiger partial charge in [-0.15, -0.1) is 0 Å². The van der Waals surface area contributed by atoms with Crippen LogP contribution in [0.2, 0.25) is 0 Å². The maximum Gasteiger partial charge on any atom is 0.251 e. The molecule has 0 bridgehead atoms. The topological polar surface area (TPSA) is 92.5 Å². The Morgan fingerprint density at radius 3 is 2.23 bits per heavy atom. The molecule has 1 fully saturated rings. The van der Waals surface area contributed by atoms with Crippen molar-refractivity contribution in [3.05, 3.63) is 35.4 Å². The molecule has 22 heavy (non-hydrogen) atoms. The molecule has 118 valence electrons. The lowest BCUT2D eigenvalue weighted by molar-refractivity contribution is -0.139. The summed E-state index contributed by atoms with van der Waals surface area (Å²) in [5.41, 5.74) is 6.69. The molecule has 6 heteroatoms. The lowest BCUT2D eigenvalue weighted by atomic mass is 10.1. The van der Waals surface area contributed by atoms with Crippen LogP contribution in [0, 0.1) is 0 Å². The van der Waals surface area contributed by atoms with Gasteiger partial charge in [-0.2, -0.15) is 0 Å². The van der Waals surface area contributed by atoms with Crippen LogP contribution in [-0.4, -0.2) is 34.7 Å². The van der Waals surface area contributed by atoms with Crippen molar-refractivity contribution in [2.75, 3.05) is 6.54 Å².